The standard InChI is InChI=1S/C16H15NO6/c18-13-11-6-3-9(16(22)23)7-12(11)14(19)17(13)10-4-1-8(2-5-10)15(20)21/h3,6-8,10H,1-2,4-5H2,(H,20,21)(H,22,23). The summed E-state index contributed by atoms with van der Waals surface area (Å²) in [6.07, 6.45) is 1.75. The van der Waals surface area contributed by atoms with E-state index >= 15 is 0 Å². The van der Waals surface area contributed by atoms with Crippen molar-refractivity contribution in [3.05, 3.63) is 34.9 Å². The van der Waals surface area contributed by atoms with E-state index in [1.165, 1.54) is 18.2 Å². The smallest absolute Gasteiger partial charge is 0.335 e. The number of carboxylic acids is 2. The number of imide groups is 1. The van der Waals surface area contributed by atoms with Crippen molar-refractivity contribution in [2.24, 2.45) is 5.92 Å². The van der Waals surface area contributed by atoms with E-state index < -0.39 is 29.7 Å². The molecule has 0 bridgehead atoms. The minimum atomic E-state index is -1.16. The van der Waals surface area contributed by atoms with Crippen LogP contribution in [0.4, 0.5) is 0 Å². The number of nitrogens with zero attached hydrogens (tertiary/aromatic N) is 1. The van der Waals surface area contributed by atoms with Crippen molar-refractivity contribution in [1.82, 2.24) is 4.90 Å². The highest BCUT2D eigenvalue weighted by Crippen LogP contribution is 2.33. The maximum absolute atomic E-state index is 12.5. The van der Waals surface area contributed by atoms with Crippen LogP contribution < -0.4 is 0 Å². The molecule has 0 atom stereocenters. The highest BCUT2D eigenvalue weighted by atomic mass is 16.4. The van der Waals surface area contributed by atoms with Gasteiger partial charge in [0.05, 0.1) is 22.6 Å². The molecule has 0 radical (unpaired) electrons. The Morgan fingerprint density at radius 1 is 0.957 bits per heavy atom. The van der Waals surface area contributed by atoms with Gasteiger partial charge in [-0.3, -0.25) is 19.3 Å². The van der Waals surface area contributed by atoms with Crippen LogP contribution in [-0.2, 0) is 4.79 Å². The number of rotatable bonds is 3. The summed E-state index contributed by atoms with van der Waals surface area (Å²) in [4.78, 5) is 48.1. The zero-order valence-corrected chi connectivity index (χ0v) is 12.2. The van der Waals surface area contributed by atoms with Gasteiger partial charge < -0.3 is 10.2 Å². The summed E-state index contributed by atoms with van der Waals surface area (Å²) in [5.41, 5.74) is 0.275. The van der Waals surface area contributed by atoms with Crippen LogP contribution in [-0.4, -0.2) is 44.9 Å². The number of carboxylic acid groups (broad SMARTS) is 2. The molecule has 120 valence electrons. The highest BCUT2D eigenvalue weighted by molar-refractivity contribution is 6.22. The second kappa shape index (κ2) is 5.49. The van der Waals surface area contributed by atoms with Crippen molar-refractivity contribution < 1.29 is 29.4 Å². The molecular formula is C16H15NO6. The lowest BCUT2D eigenvalue weighted by Crippen LogP contribution is -2.42. The van der Waals surface area contributed by atoms with E-state index in [9.17, 15) is 19.2 Å². The monoisotopic (exact) mass is 317 g/mol. The second-order valence-corrected chi connectivity index (χ2v) is 5.89. The molecule has 23 heavy (non-hydrogen) atoms. The topological polar surface area (TPSA) is 112 Å². The number of carbonyl (C=O) groups excluding carboxylic acids is 2. The van der Waals surface area contributed by atoms with Gasteiger partial charge in [-0.25, -0.2) is 4.79 Å². The van der Waals surface area contributed by atoms with E-state index in [-0.39, 0.29) is 22.7 Å². The average molecular weight is 317 g/mol. The Balaban J connectivity index is 1.83. The first-order chi connectivity index (χ1) is 10.9. The number of carbonyl (C=O) groups is 4. The lowest BCUT2D eigenvalue weighted by molar-refractivity contribution is -0.143. The Kier molecular flexibility index (Phi) is 3.63. The Labute approximate surface area is 131 Å². The Morgan fingerprint density at radius 3 is 2.13 bits per heavy atom. The largest absolute Gasteiger partial charge is 0.481 e. The van der Waals surface area contributed by atoms with Crippen LogP contribution in [0.15, 0.2) is 18.2 Å². The maximum atomic E-state index is 12.5. The molecule has 7 heteroatoms. The number of hydrogen-bond acceptors (Lipinski definition) is 4. The zero-order valence-electron chi connectivity index (χ0n) is 12.2. The minimum absolute atomic E-state index is 0.0404. The van der Waals surface area contributed by atoms with Crippen molar-refractivity contribution in [3.63, 3.8) is 0 Å². The van der Waals surface area contributed by atoms with E-state index in [4.69, 9.17) is 10.2 Å². The maximum Gasteiger partial charge on any atom is 0.335 e. The van der Waals surface area contributed by atoms with Crippen molar-refractivity contribution in [2.45, 2.75) is 31.7 Å². The summed E-state index contributed by atoms with van der Waals surface area (Å²) in [6, 6.07) is 3.56. The van der Waals surface area contributed by atoms with Gasteiger partial charge in [-0.2, -0.15) is 0 Å². The number of aliphatic carboxylic acids is 1. The van der Waals surface area contributed by atoms with Crippen LogP contribution in [0.3, 0.4) is 0 Å². The van der Waals surface area contributed by atoms with Crippen LogP contribution in [0, 0.1) is 5.92 Å². The van der Waals surface area contributed by atoms with Gasteiger partial charge in [0.25, 0.3) is 11.8 Å². The summed E-state index contributed by atoms with van der Waals surface area (Å²) in [7, 11) is 0. The fourth-order valence-corrected chi connectivity index (χ4v) is 3.31. The van der Waals surface area contributed by atoms with Gasteiger partial charge in [-0.05, 0) is 43.9 Å². The highest BCUT2D eigenvalue weighted by Gasteiger charge is 2.42. The zero-order chi connectivity index (χ0) is 16.7. The number of benzene rings is 1. The summed E-state index contributed by atoms with van der Waals surface area (Å²) >= 11 is 0. The van der Waals surface area contributed by atoms with Gasteiger partial charge in [-0.15, -0.1) is 0 Å². The summed E-state index contributed by atoms with van der Waals surface area (Å²) in [5, 5.41) is 18.0. The molecule has 3 rings (SSSR count). The number of aromatic carboxylic acids is 1. The molecule has 1 saturated carbocycles. The van der Waals surface area contributed by atoms with Crippen LogP contribution in [0.1, 0.15) is 56.8 Å². The van der Waals surface area contributed by atoms with E-state index in [1.54, 1.807) is 0 Å². The third-order valence-electron chi connectivity index (χ3n) is 4.58. The van der Waals surface area contributed by atoms with Gasteiger partial charge >= 0.3 is 11.9 Å². The molecule has 2 aliphatic rings. The molecule has 7 nitrogen and oxygen atoms in total. The van der Waals surface area contributed by atoms with Gasteiger partial charge in [0, 0.05) is 6.04 Å². The lowest BCUT2D eigenvalue weighted by atomic mass is 9.85. The molecule has 0 spiro atoms. The van der Waals surface area contributed by atoms with Crippen LogP contribution in [0.2, 0.25) is 0 Å². The van der Waals surface area contributed by atoms with E-state index in [2.05, 4.69) is 0 Å². The molecule has 2 N–H and O–H groups in total. The first kappa shape index (κ1) is 15.2. The average Bonchev–Trinajstić information content (AvgIpc) is 2.78. The number of fused-ring (bicyclic) bond motifs is 1. The third kappa shape index (κ3) is 2.48. The molecule has 1 aliphatic heterocycles. The molecule has 0 unspecified atom stereocenters. The first-order valence-electron chi connectivity index (χ1n) is 7.38. The summed E-state index contributed by atoms with van der Waals surface area (Å²) in [5.74, 6) is -3.36. The van der Waals surface area contributed by atoms with Crippen LogP contribution >= 0.6 is 0 Å². The third-order valence-corrected chi connectivity index (χ3v) is 4.58. The van der Waals surface area contributed by atoms with E-state index in [0.717, 1.165) is 4.90 Å². The van der Waals surface area contributed by atoms with Crippen LogP contribution in [0.25, 0.3) is 0 Å². The van der Waals surface area contributed by atoms with Crippen molar-refractivity contribution in [1.29, 1.82) is 0 Å². The molecule has 0 aromatic heterocycles. The normalized spacial score (nSPS) is 23.7. The SMILES string of the molecule is O=C(O)c1ccc2c(c1)C(=O)N(C1CCC(C(=O)O)CC1)C2=O. The second-order valence-electron chi connectivity index (χ2n) is 5.89. The minimum Gasteiger partial charge on any atom is -0.481 e. The van der Waals surface area contributed by atoms with Crippen molar-refractivity contribution in [3.8, 4) is 0 Å². The van der Waals surface area contributed by atoms with Crippen LogP contribution in [0.5, 0.6) is 0 Å². The Bertz CT molecular complexity index is 717. The Hall–Kier alpha value is -2.70. The van der Waals surface area contributed by atoms with Gasteiger partial charge in [-0.1, -0.05) is 0 Å². The summed E-state index contributed by atoms with van der Waals surface area (Å²) in [6.45, 7) is 0. The molecule has 1 aromatic rings. The summed E-state index contributed by atoms with van der Waals surface area (Å²) < 4.78 is 0. The molecule has 1 aliphatic carbocycles. The van der Waals surface area contributed by atoms with E-state index in [0.29, 0.717) is 25.7 Å². The molecule has 1 fully saturated rings. The number of hydrogen-bond donors (Lipinski definition) is 2. The molecule has 2 amide bonds. The lowest BCUT2D eigenvalue weighted by Gasteiger charge is -2.31. The number of amides is 2. The van der Waals surface area contributed by atoms with Crippen molar-refractivity contribution in [2.75, 3.05) is 0 Å². The molecular weight excluding hydrogens is 302 g/mol. The molecule has 0 saturated heterocycles. The predicted octanol–water partition coefficient (Wildman–Crippen LogP) is 1.62. The fraction of sp³-hybridized carbons (Fsp3) is 0.375. The van der Waals surface area contributed by atoms with Crippen molar-refractivity contribution >= 4 is 23.8 Å². The van der Waals surface area contributed by atoms with E-state index in [1.807, 2.05) is 0 Å². The quantitative estimate of drug-likeness (QED) is 0.819. The van der Waals surface area contributed by atoms with Gasteiger partial charge in [0.1, 0.15) is 0 Å². The predicted molar refractivity (Wildman–Crippen MR) is 77.3 cm³/mol. The van der Waals surface area contributed by atoms with Gasteiger partial charge in [0.15, 0.2) is 0 Å². The molecule has 1 heterocycles. The first-order valence-corrected chi connectivity index (χ1v) is 7.38. The Morgan fingerprint density at radius 2 is 1.57 bits per heavy atom. The van der Waals surface area contributed by atoms with Gasteiger partial charge in [0.2, 0.25) is 0 Å². The molecule has 1 aromatic carbocycles. The fourth-order valence-electron chi connectivity index (χ4n) is 3.31.